The molecule has 4 nitrogen and oxygen atoms in total. The maximum atomic E-state index is 4.50. The van der Waals surface area contributed by atoms with Crippen molar-refractivity contribution in [1.82, 2.24) is 20.1 Å². The summed E-state index contributed by atoms with van der Waals surface area (Å²) in [7, 11) is 1.91. The van der Waals surface area contributed by atoms with Gasteiger partial charge in [-0.05, 0) is 49.0 Å². The number of nitrogens with zero attached hydrogens (tertiary/aromatic N) is 3. The fourth-order valence-electron chi connectivity index (χ4n) is 1.75. The van der Waals surface area contributed by atoms with Crippen LogP contribution in [0.25, 0.3) is 5.69 Å². The van der Waals surface area contributed by atoms with Gasteiger partial charge in [-0.15, -0.1) is 0 Å². The standard InChI is InChI=1S/C12H15BrN4/c1-8-12(13)9(2)17(16-8)11-4-5-15-10(6-11)7-14-3/h4-6,14H,7H2,1-3H3. The number of halogens is 1. The van der Waals surface area contributed by atoms with Crippen LogP contribution in [0.2, 0.25) is 0 Å². The number of hydrogen-bond donors (Lipinski definition) is 1. The van der Waals surface area contributed by atoms with Gasteiger partial charge in [0.15, 0.2) is 0 Å². The molecular weight excluding hydrogens is 280 g/mol. The van der Waals surface area contributed by atoms with E-state index in [0.29, 0.717) is 0 Å². The van der Waals surface area contributed by atoms with E-state index in [1.54, 1.807) is 0 Å². The van der Waals surface area contributed by atoms with E-state index in [2.05, 4.69) is 31.3 Å². The van der Waals surface area contributed by atoms with Crippen LogP contribution in [-0.2, 0) is 6.54 Å². The second-order valence-electron chi connectivity index (χ2n) is 3.93. The molecule has 0 amide bonds. The summed E-state index contributed by atoms with van der Waals surface area (Å²) < 4.78 is 2.99. The zero-order valence-corrected chi connectivity index (χ0v) is 11.7. The van der Waals surface area contributed by atoms with E-state index in [1.165, 1.54) is 0 Å². The monoisotopic (exact) mass is 294 g/mol. The lowest BCUT2D eigenvalue weighted by atomic mass is 10.3. The van der Waals surface area contributed by atoms with Gasteiger partial charge in [0, 0.05) is 12.7 Å². The SMILES string of the molecule is CNCc1cc(-n2nc(C)c(Br)c2C)ccn1. The number of rotatable bonds is 3. The summed E-state index contributed by atoms with van der Waals surface area (Å²) >= 11 is 3.54. The average Bonchev–Trinajstić information content (AvgIpc) is 2.58. The number of pyridine rings is 1. The minimum absolute atomic E-state index is 0.758. The molecule has 1 N–H and O–H groups in total. The van der Waals surface area contributed by atoms with E-state index in [4.69, 9.17) is 0 Å². The third-order valence-electron chi connectivity index (χ3n) is 2.61. The lowest BCUT2D eigenvalue weighted by molar-refractivity contribution is 0.779. The lowest BCUT2D eigenvalue weighted by Gasteiger charge is -2.06. The Bertz CT molecular complexity index is 533. The molecular formula is C12H15BrN4. The van der Waals surface area contributed by atoms with Gasteiger partial charge < -0.3 is 5.32 Å². The van der Waals surface area contributed by atoms with Crippen LogP contribution in [0.15, 0.2) is 22.8 Å². The Morgan fingerprint density at radius 2 is 2.18 bits per heavy atom. The Hall–Kier alpha value is -1.20. The second kappa shape index (κ2) is 4.98. The third-order valence-corrected chi connectivity index (χ3v) is 3.75. The van der Waals surface area contributed by atoms with Crippen LogP contribution in [0.1, 0.15) is 17.1 Å². The fourth-order valence-corrected chi connectivity index (χ4v) is 2.00. The van der Waals surface area contributed by atoms with Crippen molar-refractivity contribution >= 4 is 15.9 Å². The van der Waals surface area contributed by atoms with E-state index in [9.17, 15) is 0 Å². The van der Waals surface area contributed by atoms with E-state index < -0.39 is 0 Å². The first-order valence-electron chi connectivity index (χ1n) is 5.45. The second-order valence-corrected chi connectivity index (χ2v) is 4.73. The number of nitrogens with one attached hydrogen (secondary N) is 1. The maximum absolute atomic E-state index is 4.50. The van der Waals surface area contributed by atoms with E-state index in [-0.39, 0.29) is 0 Å². The molecule has 0 radical (unpaired) electrons. The van der Waals surface area contributed by atoms with Gasteiger partial charge in [0.25, 0.3) is 0 Å². The molecule has 0 saturated carbocycles. The summed E-state index contributed by atoms with van der Waals surface area (Å²) in [6, 6.07) is 4.01. The van der Waals surface area contributed by atoms with Crippen molar-refractivity contribution in [3.05, 3.63) is 39.9 Å². The highest BCUT2D eigenvalue weighted by molar-refractivity contribution is 9.10. The predicted octanol–water partition coefficient (Wildman–Crippen LogP) is 2.37. The van der Waals surface area contributed by atoms with E-state index in [1.807, 2.05) is 43.9 Å². The van der Waals surface area contributed by atoms with Crippen LogP contribution >= 0.6 is 15.9 Å². The van der Waals surface area contributed by atoms with Gasteiger partial charge in [0.1, 0.15) is 0 Å². The first kappa shape index (κ1) is 12.3. The van der Waals surface area contributed by atoms with Crippen LogP contribution in [0.4, 0.5) is 0 Å². The molecule has 0 fully saturated rings. The summed E-state index contributed by atoms with van der Waals surface area (Å²) in [6.07, 6.45) is 1.81. The topological polar surface area (TPSA) is 42.7 Å². The molecule has 0 atom stereocenters. The van der Waals surface area contributed by atoms with Crippen LogP contribution in [0.5, 0.6) is 0 Å². The Labute approximate surface area is 109 Å². The molecule has 0 aromatic carbocycles. The van der Waals surface area contributed by atoms with Crippen molar-refractivity contribution in [2.24, 2.45) is 0 Å². The largest absolute Gasteiger partial charge is 0.314 e. The summed E-state index contributed by atoms with van der Waals surface area (Å²) in [6.45, 7) is 4.79. The van der Waals surface area contributed by atoms with Crippen molar-refractivity contribution in [1.29, 1.82) is 0 Å². The summed E-state index contributed by atoms with van der Waals surface area (Å²) in [5, 5.41) is 7.60. The van der Waals surface area contributed by atoms with Gasteiger partial charge in [-0.25, -0.2) is 4.68 Å². The molecule has 0 bridgehead atoms. The minimum atomic E-state index is 0.758. The lowest BCUT2D eigenvalue weighted by Crippen LogP contribution is -2.08. The smallest absolute Gasteiger partial charge is 0.0743 e. The predicted molar refractivity (Wildman–Crippen MR) is 71.3 cm³/mol. The van der Waals surface area contributed by atoms with E-state index >= 15 is 0 Å². The van der Waals surface area contributed by atoms with Gasteiger partial charge in [-0.2, -0.15) is 5.10 Å². The van der Waals surface area contributed by atoms with Crippen molar-refractivity contribution in [2.45, 2.75) is 20.4 Å². The first-order chi connectivity index (χ1) is 8.13. The van der Waals surface area contributed by atoms with Gasteiger partial charge in [-0.1, -0.05) is 0 Å². The number of aromatic nitrogens is 3. The molecule has 2 aromatic rings. The normalized spacial score (nSPS) is 10.8. The van der Waals surface area contributed by atoms with Crippen LogP contribution < -0.4 is 5.32 Å². The van der Waals surface area contributed by atoms with Gasteiger partial charge in [0.2, 0.25) is 0 Å². The molecule has 2 rings (SSSR count). The van der Waals surface area contributed by atoms with E-state index in [0.717, 1.165) is 33.8 Å². The maximum Gasteiger partial charge on any atom is 0.0743 e. The van der Waals surface area contributed by atoms with Gasteiger partial charge in [0.05, 0.1) is 27.2 Å². The Morgan fingerprint density at radius 3 is 2.76 bits per heavy atom. The number of aryl methyl sites for hydroxylation is 1. The molecule has 2 aromatic heterocycles. The quantitative estimate of drug-likeness (QED) is 0.945. The van der Waals surface area contributed by atoms with Crippen LogP contribution in [-0.4, -0.2) is 21.8 Å². The minimum Gasteiger partial charge on any atom is -0.314 e. The van der Waals surface area contributed by atoms with Crippen molar-refractivity contribution in [2.75, 3.05) is 7.05 Å². The molecule has 90 valence electrons. The van der Waals surface area contributed by atoms with Crippen molar-refractivity contribution < 1.29 is 0 Å². The molecule has 0 unspecified atom stereocenters. The molecule has 0 saturated heterocycles. The Morgan fingerprint density at radius 1 is 1.41 bits per heavy atom. The fraction of sp³-hybridized carbons (Fsp3) is 0.333. The van der Waals surface area contributed by atoms with Crippen LogP contribution in [0, 0.1) is 13.8 Å². The van der Waals surface area contributed by atoms with Crippen LogP contribution in [0.3, 0.4) is 0 Å². The Balaban J connectivity index is 2.45. The van der Waals surface area contributed by atoms with Crippen molar-refractivity contribution in [3.63, 3.8) is 0 Å². The summed E-state index contributed by atoms with van der Waals surface area (Å²) in [5.74, 6) is 0. The zero-order chi connectivity index (χ0) is 12.4. The summed E-state index contributed by atoms with van der Waals surface area (Å²) in [5.41, 5.74) is 4.14. The first-order valence-corrected chi connectivity index (χ1v) is 6.24. The number of hydrogen-bond acceptors (Lipinski definition) is 3. The molecule has 0 aliphatic rings. The summed E-state index contributed by atoms with van der Waals surface area (Å²) in [4.78, 5) is 4.30. The highest BCUT2D eigenvalue weighted by atomic mass is 79.9. The van der Waals surface area contributed by atoms with Crippen molar-refractivity contribution in [3.8, 4) is 5.69 Å². The zero-order valence-electron chi connectivity index (χ0n) is 10.2. The Kier molecular flexibility index (Phi) is 3.59. The average molecular weight is 295 g/mol. The molecule has 0 aliphatic heterocycles. The highest BCUT2D eigenvalue weighted by Crippen LogP contribution is 2.22. The van der Waals surface area contributed by atoms with Gasteiger partial charge >= 0.3 is 0 Å². The highest BCUT2D eigenvalue weighted by Gasteiger charge is 2.10. The van der Waals surface area contributed by atoms with Gasteiger partial charge in [-0.3, -0.25) is 4.98 Å². The molecule has 17 heavy (non-hydrogen) atoms. The molecule has 0 aliphatic carbocycles. The molecule has 2 heterocycles. The molecule has 5 heteroatoms. The third kappa shape index (κ3) is 2.40. The molecule has 0 spiro atoms.